The van der Waals surface area contributed by atoms with E-state index in [9.17, 15) is 14.4 Å². The molecule has 0 saturated heterocycles. The van der Waals surface area contributed by atoms with Crippen LogP contribution in [0.15, 0.2) is 58.1 Å². The third-order valence-corrected chi connectivity index (χ3v) is 4.26. The molecule has 0 spiro atoms. The summed E-state index contributed by atoms with van der Waals surface area (Å²) in [5.74, 6) is -0.448. The number of Topliss-reactive ketones (excluding diaryl/α,β-unsaturated/α-hetero) is 2. The molecule has 0 fully saturated rings. The maximum atomic E-state index is 13.2. The number of ketones is 2. The molecule has 1 amide bonds. The third-order valence-electron chi connectivity index (χ3n) is 4.26. The van der Waals surface area contributed by atoms with Gasteiger partial charge in [-0.2, -0.15) is 0 Å². The smallest absolute Gasteiger partial charge is 0.227 e. The molecule has 0 aromatic carbocycles. The van der Waals surface area contributed by atoms with Crippen LogP contribution in [0.2, 0.25) is 0 Å². The molecule has 0 radical (unpaired) electrons. The number of nitrogens with zero attached hydrogens (tertiary/aromatic N) is 1. The fourth-order valence-electron chi connectivity index (χ4n) is 3.08. The molecule has 25 heavy (non-hydrogen) atoms. The zero-order chi connectivity index (χ0) is 18.9. The number of carbonyl (C=O) groups excluding carboxylic acids is 3. The average molecular weight is 340 g/mol. The van der Waals surface area contributed by atoms with E-state index in [1.54, 1.807) is 32.9 Å². The average Bonchev–Trinajstić information content (AvgIpc) is 2.54. The summed E-state index contributed by atoms with van der Waals surface area (Å²) < 4.78 is 0. The maximum Gasteiger partial charge on any atom is 0.227 e. The molecule has 0 aromatic rings. The molecule has 0 unspecified atom stereocenters. The van der Waals surface area contributed by atoms with Gasteiger partial charge in [-0.05, 0) is 43.9 Å². The third kappa shape index (κ3) is 3.27. The highest BCUT2D eigenvalue weighted by Gasteiger charge is 2.39. The van der Waals surface area contributed by atoms with Crippen LogP contribution < -0.4 is 5.32 Å². The lowest BCUT2D eigenvalue weighted by Crippen LogP contribution is -2.40. The van der Waals surface area contributed by atoms with Crippen LogP contribution in [0.1, 0.15) is 34.6 Å². The molecular weight excluding hydrogens is 316 g/mol. The number of hydrogen-bond acceptors (Lipinski definition) is 4. The fraction of sp³-hybridized carbons (Fsp3) is 0.350. The van der Waals surface area contributed by atoms with Gasteiger partial charge in [0.05, 0.1) is 11.1 Å². The van der Waals surface area contributed by atoms with Gasteiger partial charge in [0.2, 0.25) is 12.2 Å². The van der Waals surface area contributed by atoms with E-state index in [1.807, 2.05) is 13.8 Å². The number of hydrogen-bond donors (Lipinski definition) is 1. The lowest BCUT2D eigenvalue weighted by Gasteiger charge is -2.32. The first-order valence-electron chi connectivity index (χ1n) is 8.30. The number of dihydropyridines is 1. The van der Waals surface area contributed by atoms with Crippen LogP contribution in [0.5, 0.6) is 0 Å². The Bertz CT molecular complexity index is 792. The largest absolute Gasteiger partial charge is 0.352 e. The summed E-state index contributed by atoms with van der Waals surface area (Å²) in [6.07, 6.45) is 4.14. The van der Waals surface area contributed by atoms with Gasteiger partial charge < -0.3 is 10.2 Å². The molecular formula is C20H24N2O3. The summed E-state index contributed by atoms with van der Waals surface area (Å²) in [4.78, 5) is 39.4. The standard InChI is InChI=1S/C20H24N2O3/c1-7-12(4)16-18(22(10-23)9-11(2)3)20(25)17-15(19(16)24)13(5)8-14(6)21-17/h7-8,10-11,21H,6,9H2,1-5H3/b12-7-. The van der Waals surface area contributed by atoms with Crippen molar-refractivity contribution in [2.75, 3.05) is 6.54 Å². The Kier molecular flexibility index (Phi) is 5.26. The molecule has 0 bridgehead atoms. The summed E-state index contributed by atoms with van der Waals surface area (Å²) >= 11 is 0. The van der Waals surface area contributed by atoms with Crippen molar-refractivity contribution < 1.29 is 14.4 Å². The summed E-state index contributed by atoms with van der Waals surface area (Å²) in [6.45, 7) is 13.5. The number of allylic oxidation sites excluding steroid dienone is 6. The number of carbonyl (C=O) groups is 3. The summed E-state index contributed by atoms with van der Waals surface area (Å²) in [5, 5.41) is 2.91. The van der Waals surface area contributed by atoms with Gasteiger partial charge in [0.25, 0.3) is 0 Å². The van der Waals surface area contributed by atoms with Crippen molar-refractivity contribution in [3.63, 3.8) is 0 Å². The van der Waals surface area contributed by atoms with Crippen molar-refractivity contribution in [3.05, 3.63) is 58.1 Å². The summed E-state index contributed by atoms with van der Waals surface area (Å²) in [6, 6.07) is 0. The lowest BCUT2D eigenvalue weighted by molar-refractivity contribution is -0.122. The molecule has 5 heteroatoms. The van der Waals surface area contributed by atoms with Gasteiger partial charge in [-0.25, -0.2) is 0 Å². The summed E-state index contributed by atoms with van der Waals surface area (Å²) in [5.41, 5.74) is 2.90. The second-order valence-electron chi connectivity index (χ2n) is 6.73. The van der Waals surface area contributed by atoms with E-state index in [0.717, 1.165) is 0 Å². The van der Waals surface area contributed by atoms with Crippen LogP contribution in [0.3, 0.4) is 0 Å². The van der Waals surface area contributed by atoms with Gasteiger partial charge in [-0.15, -0.1) is 0 Å². The zero-order valence-corrected chi connectivity index (χ0v) is 15.4. The van der Waals surface area contributed by atoms with Crippen molar-refractivity contribution in [2.45, 2.75) is 34.6 Å². The second-order valence-corrected chi connectivity index (χ2v) is 6.73. The van der Waals surface area contributed by atoms with Crippen LogP contribution in [-0.4, -0.2) is 29.4 Å². The predicted molar refractivity (Wildman–Crippen MR) is 97.1 cm³/mol. The summed E-state index contributed by atoms with van der Waals surface area (Å²) in [7, 11) is 0. The van der Waals surface area contributed by atoms with Crippen LogP contribution in [-0.2, 0) is 14.4 Å². The topological polar surface area (TPSA) is 66.5 Å². The minimum absolute atomic E-state index is 0.137. The Morgan fingerprint density at radius 2 is 1.96 bits per heavy atom. The molecule has 2 aliphatic rings. The Balaban J connectivity index is 2.72. The number of rotatable bonds is 5. The fourth-order valence-corrected chi connectivity index (χ4v) is 3.08. The molecule has 2 rings (SSSR count). The highest BCUT2D eigenvalue weighted by molar-refractivity contribution is 6.28. The van der Waals surface area contributed by atoms with Gasteiger partial charge in [0.1, 0.15) is 11.4 Å². The highest BCUT2D eigenvalue weighted by Crippen LogP contribution is 2.35. The predicted octanol–water partition coefficient (Wildman–Crippen LogP) is 2.79. The molecule has 0 atom stereocenters. The first-order valence-corrected chi connectivity index (χ1v) is 8.30. The Morgan fingerprint density at radius 3 is 2.48 bits per heavy atom. The molecule has 0 saturated carbocycles. The van der Waals surface area contributed by atoms with Crippen molar-refractivity contribution >= 4 is 18.0 Å². The van der Waals surface area contributed by atoms with Gasteiger partial charge in [-0.1, -0.05) is 26.5 Å². The van der Waals surface area contributed by atoms with Crippen molar-refractivity contribution in [3.8, 4) is 0 Å². The molecule has 132 valence electrons. The Morgan fingerprint density at radius 1 is 1.32 bits per heavy atom. The van der Waals surface area contributed by atoms with E-state index in [1.165, 1.54) is 4.90 Å². The molecule has 1 heterocycles. The highest BCUT2D eigenvalue weighted by atomic mass is 16.2. The van der Waals surface area contributed by atoms with Gasteiger partial charge in [-0.3, -0.25) is 14.4 Å². The van der Waals surface area contributed by atoms with E-state index in [2.05, 4.69) is 11.9 Å². The van der Waals surface area contributed by atoms with E-state index < -0.39 is 0 Å². The van der Waals surface area contributed by atoms with Crippen LogP contribution in [0.4, 0.5) is 0 Å². The Hall–Kier alpha value is -2.69. The maximum absolute atomic E-state index is 13.2. The quantitative estimate of drug-likeness (QED) is 0.617. The van der Waals surface area contributed by atoms with Crippen molar-refractivity contribution in [1.29, 1.82) is 0 Å². The van der Waals surface area contributed by atoms with E-state index >= 15 is 0 Å². The Labute approximate surface area is 148 Å². The SMILES string of the molecule is C=C1C=C(C)C2=C(N1)C(=O)C(N(C=O)CC(C)C)=C(/C(C)=C\C)C2=O. The molecule has 0 aromatic heterocycles. The molecule has 1 aliphatic heterocycles. The van der Waals surface area contributed by atoms with Crippen LogP contribution >= 0.6 is 0 Å². The second kappa shape index (κ2) is 7.05. The van der Waals surface area contributed by atoms with Crippen molar-refractivity contribution in [1.82, 2.24) is 10.2 Å². The van der Waals surface area contributed by atoms with E-state index in [4.69, 9.17) is 0 Å². The first kappa shape index (κ1) is 18.6. The number of nitrogens with one attached hydrogen (secondary N) is 1. The van der Waals surface area contributed by atoms with Gasteiger partial charge in [0.15, 0.2) is 5.78 Å². The molecule has 1 aliphatic carbocycles. The minimum atomic E-state index is -0.354. The van der Waals surface area contributed by atoms with Gasteiger partial charge >= 0.3 is 0 Å². The molecule has 5 nitrogen and oxygen atoms in total. The van der Waals surface area contributed by atoms with E-state index in [0.29, 0.717) is 40.9 Å². The monoisotopic (exact) mass is 340 g/mol. The normalized spacial score (nSPS) is 18.4. The zero-order valence-electron chi connectivity index (χ0n) is 15.4. The van der Waals surface area contributed by atoms with Gasteiger partial charge in [0, 0.05) is 12.2 Å². The lowest BCUT2D eigenvalue weighted by atomic mass is 9.81. The minimum Gasteiger partial charge on any atom is -0.352 e. The van der Waals surface area contributed by atoms with E-state index in [-0.39, 0.29) is 28.9 Å². The first-order chi connectivity index (χ1) is 11.7. The van der Waals surface area contributed by atoms with Crippen molar-refractivity contribution in [2.24, 2.45) is 5.92 Å². The van der Waals surface area contributed by atoms with Crippen LogP contribution in [0.25, 0.3) is 0 Å². The number of amides is 1. The molecule has 1 N–H and O–H groups in total. The van der Waals surface area contributed by atoms with Crippen LogP contribution in [0, 0.1) is 5.92 Å².